The Bertz CT molecular complexity index is 553. The summed E-state index contributed by atoms with van der Waals surface area (Å²) in [4.78, 5) is 15.2. The third kappa shape index (κ3) is 2.66. The largest absolute Gasteiger partial charge is 0.311 e. The van der Waals surface area contributed by atoms with E-state index in [9.17, 15) is 4.79 Å². The molecule has 1 fully saturated rings. The van der Waals surface area contributed by atoms with Crippen LogP contribution in [0.15, 0.2) is 65.6 Å². The molecule has 19 heavy (non-hydrogen) atoms. The van der Waals surface area contributed by atoms with E-state index in [0.29, 0.717) is 0 Å². The van der Waals surface area contributed by atoms with E-state index in [-0.39, 0.29) is 11.8 Å². The molecule has 2 aromatic carbocycles. The van der Waals surface area contributed by atoms with Crippen molar-refractivity contribution in [1.82, 2.24) is 0 Å². The molecule has 2 aromatic rings. The van der Waals surface area contributed by atoms with Crippen molar-refractivity contribution in [3.8, 4) is 0 Å². The van der Waals surface area contributed by atoms with E-state index in [1.54, 1.807) is 11.8 Å². The molecule has 2 nitrogen and oxygen atoms in total. The van der Waals surface area contributed by atoms with Gasteiger partial charge >= 0.3 is 0 Å². The number of thioether (sulfide) groups is 1. The minimum absolute atomic E-state index is 0.158. The van der Waals surface area contributed by atoms with Crippen molar-refractivity contribution in [2.45, 2.75) is 4.90 Å². The highest BCUT2D eigenvalue weighted by Gasteiger charge is 2.37. The molecular formula is C16H15NOS. The highest BCUT2D eigenvalue weighted by molar-refractivity contribution is 7.99. The molecule has 0 aliphatic carbocycles. The van der Waals surface area contributed by atoms with E-state index in [1.165, 1.54) is 4.90 Å². The minimum atomic E-state index is 0.158. The molecule has 0 radical (unpaired) electrons. The molecule has 1 amide bonds. The van der Waals surface area contributed by atoms with Crippen molar-refractivity contribution in [3.63, 3.8) is 0 Å². The van der Waals surface area contributed by atoms with E-state index in [4.69, 9.17) is 0 Å². The van der Waals surface area contributed by atoms with Gasteiger partial charge in [0, 0.05) is 22.9 Å². The quantitative estimate of drug-likeness (QED) is 0.626. The minimum Gasteiger partial charge on any atom is -0.311 e. The Morgan fingerprint density at radius 1 is 1.00 bits per heavy atom. The van der Waals surface area contributed by atoms with Crippen molar-refractivity contribution >= 4 is 23.4 Å². The van der Waals surface area contributed by atoms with E-state index in [0.717, 1.165) is 18.0 Å². The van der Waals surface area contributed by atoms with Gasteiger partial charge in [-0.25, -0.2) is 0 Å². The zero-order chi connectivity index (χ0) is 13.1. The average molecular weight is 269 g/mol. The first-order chi connectivity index (χ1) is 9.34. The maximum Gasteiger partial charge on any atom is 0.232 e. The molecule has 1 atom stereocenters. The number of β-lactam (4-membered cyclic amide) rings is 1. The number of carbonyl (C=O) groups excluding carboxylic acids is 1. The standard InChI is InChI=1S/C16H15NOS/c18-16-13(12-19-15-9-5-2-6-10-15)11-17(16)14-7-3-1-4-8-14/h1-10,13H,11-12H2. The molecule has 0 N–H and O–H groups in total. The Labute approximate surface area is 117 Å². The van der Waals surface area contributed by atoms with Gasteiger partial charge in [-0.3, -0.25) is 4.79 Å². The molecule has 1 aliphatic rings. The Kier molecular flexibility index (Phi) is 3.56. The first-order valence-electron chi connectivity index (χ1n) is 6.39. The zero-order valence-corrected chi connectivity index (χ0v) is 11.3. The highest BCUT2D eigenvalue weighted by Crippen LogP contribution is 2.30. The number of hydrogen-bond donors (Lipinski definition) is 0. The number of nitrogens with zero attached hydrogens (tertiary/aromatic N) is 1. The smallest absolute Gasteiger partial charge is 0.232 e. The number of hydrogen-bond acceptors (Lipinski definition) is 2. The van der Waals surface area contributed by atoms with Crippen molar-refractivity contribution in [1.29, 1.82) is 0 Å². The van der Waals surface area contributed by atoms with Gasteiger partial charge in [-0.1, -0.05) is 36.4 Å². The van der Waals surface area contributed by atoms with Gasteiger partial charge in [0.05, 0.1) is 5.92 Å². The number of anilines is 1. The lowest BCUT2D eigenvalue weighted by molar-refractivity contribution is -0.126. The predicted octanol–water partition coefficient (Wildman–Crippen LogP) is 3.44. The summed E-state index contributed by atoms with van der Waals surface area (Å²) in [6.07, 6.45) is 0. The molecule has 3 rings (SSSR count). The lowest BCUT2D eigenvalue weighted by Gasteiger charge is -2.38. The second-order valence-electron chi connectivity index (χ2n) is 4.61. The summed E-state index contributed by atoms with van der Waals surface area (Å²) in [7, 11) is 0. The first kappa shape index (κ1) is 12.3. The van der Waals surface area contributed by atoms with Crippen LogP contribution in [-0.2, 0) is 4.79 Å². The van der Waals surface area contributed by atoms with Gasteiger partial charge < -0.3 is 4.90 Å². The summed E-state index contributed by atoms with van der Waals surface area (Å²) in [5.74, 6) is 1.27. The fraction of sp³-hybridized carbons (Fsp3) is 0.188. The Morgan fingerprint density at radius 2 is 1.63 bits per heavy atom. The third-order valence-electron chi connectivity index (χ3n) is 3.28. The van der Waals surface area contributed by atoms with Gasteiger partial charge in [-0.2, -0.15) is 0 Å². The molecule has 1 heterocycles. The van der Waals surface area contributed by atoms with Crippen LogP contribution < -0.4 is 4.90 Å². The first-order valence-corrected chi connectivity index (χ1v) is 7.37. The monoisotopic (exact) mass is 269 g/mol. The molecule has 0 bridgehead atoms. The van der Waals surface area contributed by atoms with Gasteiger partial charge in [0.1, 0.15) is 0 Å². The highest BCUT2D eigenvalue weighted by atomic mass is 32.2. The van der Waals surface area contributed by atoms with E-state index < -0.39 is 0 Å². The number of amides is 1. The van der Waals surface area contributed by atoms with Crippen LogP contribution >= 0.6 is 11.8 Å². The Morgan fingerprint density at radius 3 is 2.26 bits per heavy atom. The molecule has 0 spiro atoms. The summed E-state index contributed by atoms with van der Waals surface area (Å²) in [6, 6.07) is 20.1. The van der Waals surface area contributed by atoms with Gasteiger partial charge in [0.25, 0.3) is 0 Å². The Hall–Kier alpha value is -1.74. The Balaban J connectivity index is 1.55. The van der Waals surface area contributed by atoms with Crippen LogP contribution in [0.25, 0.3) is 0 Å². The third-order valence-corrected chi connectivity index (χ3v) is 4.46. The summed E-state index contributed by atoms with van der Waals surface area (Å²) in [6.45, 7) is 0.836. The molecule has 1 saturated heterocycles. The maximum absolute atomic E-state index is 12.1. The van der Waals surface area contributed by atoms with Crippen LogP contribution in [0, 0.1) is 5.92 Å². The van der Waals surface area contributed by atoms with E-state index in [1.807, 2.05) is 53.4 Å². The zero-order valence-electron chi connectivity index (χ0n) is 10.5. The van der Waals surface area contributed by atoms with Crippen molar-refractivity contribution < 1.29 is 4.79 Å². The summed E-state index contributed by atoms with van der Waals surface area (Å²) in [5, 5.41) is 0. The van der Waals surface area contributed by atoms with Crippen molar-refractivity contribution in [2.24, 2.45) is 5.92 Å². The maximum atomic E-state index is 12.1. The van der Waals surface area contributed by atoms with Crippen LogP contribution in [0.2, 0.25) is 0 Å². The van der Waals surface area contributed by atoms with Gasteiger partial charge in [-0.15, -0.1) is 11.8 Å². The summed E-state index contributed by atoms with van der Waals surface area (Å²) < 4.78 is 0. The second kappa shape index (κ2) is 5.49. The number of carbonyl (C=O) groups is 1. The SMILES string of the molecule is O=C1C(CSc2ccccc2)CN1c1ccccc1. The van der Waals surface area contributed by atoms with E-state index >= 15 is 0 Å². The van der Waals surface area contributed by atoms with Crippen LogP contribution in [-0.4, -0.2) is 18.2 Å². The lowest BCUT2D eigenvalue weighted by atomic mass is 10.00. The summed E-state index contributed by atoms with van der Waals surface area (Å²) >= 11 is 1.76. The van der Waals surface area contributed by atoms with Crippen molar-refractivity contribution in [3.05, 3.63) is 60.7 Å². The van der Waals surface area contributed by atoms with Crippen molar-refractivity contribution in [2.75, 3.05) is 17.2 Å². The van der Waals surface area contributed by atoms with Crippen LogP contribution in [0.5, 0.6) is 0 Å². The topological polar surface area (TPSA) is 20.3 Å². The molecule has 96 valence electrons. The van der Waals surface area contributed by atoms with Gasteiger partial charge in [0.2, 0.25) is 5.91 Å². The normalized spacial score (nSPS) is 18.2. The number of benzene rings is 2. The molecular weight excluding hydrogens is 254 g/mol. The van der Waals surface area contributed by atoms with Crippen LogP contribution in [0.4, 0.5) is 5.69 Å². The number of para-hydroxylation sites is 1. The fourth-order valence-electron chi connectivity index (χ4n) is 2.17. The number of rotatable bonds is 4. The molecule has 3 heteroatoms. The predicted molar refractivity (Wildman–Crippen MR) is 79.5 cm³/mol. The van der Waals surface area contributed by atoms with Crippen LogP contribution in [0.3, 0.4) is 0 Å². The molecule has 1 unspecified atom stereocenters. The van der Waals surface area contributed by atoms with E-state index in [2.05, 4.69) is 12.1 Å². The van der Waals surface area contributed by atoms with Gasteiger partial charge in [-0.05, 0) is 24.3 Å². The lowest BCUT2D eigenvalue weighted by Crippen LogP contribution is -2.53. The van der Waals surface area contributed by atoms with Crippen LogP contribution in [0.1, 0.15) is 0 Å². The molecule has 0 saturated carbocycles. The molecule has 0 aromatic heterocycles. The van der Waals surface area contributed by atoms with Gasteiger partial charge in [0.15, 0.2) is 0 Å². The fourth-order valence-corrected chi connectivity index (χ4v) is 3.17. The second-order valence-corrected chi connectivity index (χ2v) is 5.70. The molecule has 1 aliphatic heterocycles. The average Bonchev–Trinajstić information content (AvgIpc) is 2.48. The summed E-state index contributed by atoms with van der Waals surface area (Å²) in [5.41, 5.74) is 1.01.